The Kier molecular flexibility index (Phi) is 7.26. The van der Waals surface area contributed by atoms with E-state index in [9.17, 15) is 0 Å². The minimum atomic E-state index is -0.00108. The first-order valence-electron chi connectivity index (χ1n) is 7.88. The van der Waals surface area contributed by atoms with Crippen molar-refractivity contribution in [2.45, 2.75) is 37.9 Å². The number of benzene rings is 1. The van der Waals surface area contributed by atoms with Gasteiger partial charge in [0.15, 0.2) is 5.96 Å². The molecular weight excluding hydrogens is 306 g/mol. The van der Waals surface area contributed by atoms with Crippen LogP contribution >= 0.6 is 11.8 Å². The van der Waals surface area contributed by atoms with Crippen LogP contribution in [0.4, 0.5) is 0 Å². The first kappa shape index (κ1) is 19.7. The van der Waals surface area contributed by atoms with Gasteiger partial charge in [0.25, 0.3) is 0 Å². The van der Waals surface area contributed by atoms with Crippen LogP contribution in [-0.4, -0.2) is 44.2 Å². The highest BCUT2D eigenvalue weighted by Crippen LogP contribution is 2.24. The van der Waals surface area contributed by atoms with Crippen molar-refractivity contribution < 1.29 is 4.74 Å². The molecule has 0 aromatic heterocycles. The van der Waals surface area contributed by atoms with Crippen molar-refractivity contribution in [1.29, 1.82) is 0 Å². The van der Waals surface area contributed by atoms with Crippen LogP contribution in [0.2, 0.25) is 0 Å². The van der Waals surface area contributed by atoms with E-state index in [1.54, 1.807) is 7.11 Å². The van der Waals surface area contributed by atoms with Crippen LogP contribution in [0.15, 0.2) is 29.3 Å². The monoisotopic (exact) mass is 337 g/mol. The third kappa shape index (κ3) is 6.34. The summed E-state index contributed by atoms with van der Waals surface area (Å²) in [6.07, 6.45) is 2.13. The topological polar surface area (TPSA) is 45.7 Å². The number of methoxy groups -OCH3 is 1. The van der Waals surface area contributed by atoms with Gasteiger partial charge in [0, 0.05) is 30.3 Å². The Hall–Kier alpha value is -1.36. The first-order chi connectivity index (χ1) is 10.7. The number of guanidine groups is 1. The SMILES string of the molecule is CN=C(NCC(C)(C)SC)NCC(C)(C)c1ccc(OC)cc1. The lowest BCUT2D eigenvalue weighted by Crippen LogP contribution is -2.46. The van der Waals surface area contributed by atoms with Gasteiger partial charge in [-0.3, -0.25) is 4.99 Å². The second-order valence-electron chi connectivity index (χ2n) is 6.86. The van der Waals surface area contributed by atoms with E-state index in [1.807, 2.05) is 30.9 Å². The van der Waals surface area contributed by atoms with E-state index >= 15 is 0 Å². The third-order valence-electron chi connectivity index (χ3n) is 4.03. The highest BCUT2D eigenvalue weighted by molar-refractivity contribution is 7.99. The molecule has 0 radical (unpaired) electrons. The van der Waals surface area contributed by atoms with Gasteiger partial charge in [0.2, 0.25) is 0 Å². The molecule has 23 heavy (non-hydrogen) atoms. The molecule has 0 heterocycles. The highest BCUT2D eigenvalue weighted by Gasteiger charge is 2.22. The number of rotatable bonds is 7. The maximum atomic E-state index is 5.23. The molecule has 0 atom stereocenters. The zero-order valence-electron chi connectivity index (χ0n) is 15.5. The second-order valence-corrected chi connectivity index (χ2v) is 8.37. The van der Waals surface area contributed by atoms with E-state index in [2.05, 4.69) is 61.7 Å². The van der Waals surface area contributed by atoms with E-state index in [-0.39, 0.29) is 10.2 Å². The molecule has 0 aliphatic heterocycles. The molecule has 0 unspecified atom stereocenters. The maximum Gasteiger partial charge on any atom is 0.191 e. The summed E-state index contributed by atoms with van der Waals surface area (Å²) in [5, 5.41) is 6.83. The lowest BCUT2D eigenvalue weighted by Gasteiger charge is -2.28. The summed E-state index contributed by atoms with van der Waals surface area (Å²) >= 11 is 1.85. The number of aliphatic imine (C=N–C) groups is 1. The predicted octanol–water partition coefficient (Wildman–Crippen LogP) is 3.28. The molecule has 0 aliphatic rings. The average Bonchev–Trinajstić information content (AvgIpc) is 2.55. The molecule has 0 bridgehead atoms. The molecule has 0 saturated carbocycles. The predicted molar refractivity (Wildman–Crippen MR) is 103 cm³/mol. The molecule has 1 rings (SSSR count). The van der Waals surface area contributed by atoms with Crippen molar-refractivity contribution in [3.05, 3.63) is 29.8 Å². The van der Waals surface area contributed by atoms with Crippen molar-refractivity contribution in [2.75, 3.05) is 33.5 Å². The Morgan fingerprint density at radius 2 is 1.65 bits per heavy atom. The summed E-state index contributed by atoms with van der Waals surface area (Å²) in [5.41, 5.74) is 1.27. The van der Waals surface area contributed by atoms with Crippen LogP contribution in [0.3, 0.4) is 0 Å². The van der Waals surface area contributed by atoms with Gasteiger partial charge in [-0.15, -0.1) is 0 Å². The summed E-state index contributed by atoms with van der Waals surface area (Å²) in [6, 6.07) is 8.25. The molecule has 1 aromatic rings. The summed E-state index contributed by atoms with van der Waals surface area (Å²) in [6.45, 7) is 10.6. The molecule has 0 fully saturated rings. The van der Waals surface area contributed by atoms with Gasteiger partial charge in [0.1, 0.15) is 5.75 Å². The van der Waals surface area contributed by atoms with Crippen LogP contribution in [0.5, 0.6) is 5.75 Å². The first-order valence-corrected chi connectivity index (χ1v) is 9.11. The fraction of sp³-hybridized carbons (Fsp3) is 0.611. The molecule has 0 saturated heterocycles. The van der Waals surface area contributed by atoms with Crippen molar-refractivity contribution in [2.24, 2.45) is 4.99 Å². The quantitative estimate of drug-likeness (QED) is 0.592. The standard InChI is InChI=1S/C18H31N3OS/c1-17(2,14-8-10-15(22-6)11-9-14)12-20-16(19-5)21-13-18(3,4)23-7/h8-11H,12-13H2,1-7H3,(H2,19,20,21). The Balaban J connectivity index is 2.62. The summed E-state index contributed by atoms with van der Waals surface area (Å²) in [7, 11) is 3.50. The second kappa shape index (κ2) is 8.48. The Labute approximate surface area is 145 Å². The zero-order chi connectivity index (χ0) is 17.5. The Morgan fingerprint density at radius 1 is 1.09 bits per heavy atom. The summed E-state index contributed by atoms with van der Waals surface area (Å²) in [4.78, 5) is 4.31. The molecule has 2 N–H and O–H groups in total. The van der Waals surface area contributed by atoms with Gasteiger partial charge in [-0.2, -0.15) is 11.8 Å². The van der Waals surface area contributed by atoms with E-state index in [0.29, 0.717) is 0 Å². The Bertz CT molecular complexity index is 510. The molecule has 4 nitrogen and oxygen atoms in total. The van der Waals surface area contributed by atoms with Gasteiger partial charge in [-0.05, 0) is 37.8 Å². The minimum Gasteiger partial charge on any atom is -0.497 e. The van der Waals surface area contributed by atoms with Crippen LogP contribution in [-0.2, 0) is 5.41 Å². The maximum absolute atomic E-state index is 5.23. The van der Waals surface area contributed by atoms with Gasteiger partial charge in [0.05, 0.1) is 7.11 Å². The lowest BCUT2D eigenvalue weighted by atomic mass is 9.84. The molecule has 0 spiro atoms. The van der Waals surface area contributed by atoms with Crippen molar-refractivity contribution in [3.63, 3.8) is 0 Å². The van der Waals surface area contributed by atoms with E-state index in [4.69, 9.17) is 4.74 Å². The molecule has 0 aliphatic carbocycles. The van der Waals surface area contributed by atoms with E-state index in [1.165, 1.54) is 5.56 Å². The normalized spacial score (nSPS) is 12.9. The van der Waals surface area contributed by atoms with Crippen molar-refractivity contribution in [1.82, 2.24) is 10.6 Å². The molecule has 5 heteroatoms. The zero-order valence-corrected chi connectivity index (χ0v) is 16.3. The van der Waals surface area contributed by atoms with Crippen molar-refractivity contribution >= 4 is 17.7 Å². The minimum absolute atomic E-state index is 0.00108. The van der Waals surface area contributed by atoms with Gasteiger partial charge < -0.3 is 15.4 Å². The third-order valence-corrected chi connectivity index (χ3v) is 5.28. The van der Waals surface area contributed by atoms with E-state index < -0.39 is 0 Å². The van der Waals surface area contributed by atoms with Crippen LogP contribution < -0.4 is 15.4 Å². The average molecular weight is 338 g/mol. The number of hydrogen-bond acceptors (Lipinski definition) is 3. The number of ether oxygens (including phenoxy) is 1. The largest absolute Gasteiger partial charge is 0.497 e. The van der Waals surface area contributed by atoms with Gasteiger partial charge >= 0.3 is 0 Å². The van der Waals surface area contributed by atoms with Crippen LogP contribution in [0.25, 0.3) is 0 Å². The fourth-order valence-corrected chi connectivity index (χ4v) is 2.25. The number of nitrogens with one attached hydrogen (secondary N) is 2. The van der Waals surface area contributed by atoms with Gasteiger partial charge in [-0.1, -0.05) is 26.0 Å². The molecule has 0 amide bonds. The molecular formula is C18H31N3OS. The van der Waals surface area contributed by atoms with Crippen LogP contribution in [0.1, 0.15) is 33.3 Å². The molecule has 130 valence electrons. The number of hydrogen-bond donors (Lipinski definition) is 2. The summed E-state index contributed by atoms with van der Waals surface area (Å²) < 4.78 is 5.41. The Morgan fingerprint density at radius 3 is 2.13 bits per heavy atom. The molecule has 1 aromatic carbocycles. The fourth-order valence-electron chi connectivity index (χ4n) is 2.04. The number of nitrogens with zero attached hydrogens (tertiary/aromatic N) is 1. The van der Waals surface area contributed by atoms with Gasteiger partial charge in [-0.25, -0.2) is 0 Å². The van der Waals surface area contributed by atoms with Crippen LogP contribution in [0, 0.1) is 0 Å². The van der Waals surface area contributed by atoms with E-state index in [0.717, 1.165) is 24.8 Å². The smallest absolute Gasteiger partial charge is 0.191 e. The lowest BCUT2D eigenvalue weighted by molar-refractivity contribution is 0.414. The highest BCUT2D eigenvalue weighted by atomic mass is 32.2. The number of thioether (sulfide) groups is 1. The summed E-state index contributed by atoms with van der Waals surface area (Å²) in [5.74, 6) is 1.72. The van der Waals surface area contributed by atoms with Crippen molar-refractivity contribution in [3.8, 4) is 5.75 Å².